The standard InChI is InChI=1S/C10H23NO3S/c1-5-10(12)7-11(4)9(3)8-15(13,14)6-2/h9-10,12H,5-8H2,1-4H3. The van der Waals surface area contributed by atoms with E-state index in [1.807, 2.05) is 25.8 Å². The average molecular weight is 237 g/mol. The van der Waals surface area contributed by atoms with Crippen LogP contribution in [0.15, 0.2) is 0 Å². The molecule has 0 heterocycles. The van der Waals surface area contributed by atoms with Gasteiger partial charge < -0.3 is 10.0 Å². The second-order valence-electron chi connectivity index (χ2n) is 4.05. The van der Waals surface area contributed by atoms with Crippen LogP contribution in [0.4, 0.5) is 0 Å². The van der Waals surface area contributed by atoms with Crippen molar-refractivity contribution in [3.8, 4) is 0 Å². The van der Waals surface area contributed by atoms with Gasteiger partial charge in [0.25, 0.3) is 0 Å². The largest absolute Gasteiger partial charge is 0.392 e. The van der Waals surface area contributed by atoms with Gasteiger partial charge in [0, 0.05) is 18.3 Å². The summed E-state index contributed by atoms with van der Waals surface area (Å²) in [5, 5.41) is 9.44. The number of nitrogens with zero attached hydrogens (tertiary/aromatic N) is 1. The molecule has 0 saturated heterocycles. The molecule has 15 heavy (non-hydrogen) atoms. The number of aliphatic hydroxyl groups is 1. The molecule has 0 aliphatic rings. The lowest BCUT2D eigenvalue weighted by molar-refractivity contribution is 0.109. The SMILES string of the molecule is CCC(O)CN(C)C(C)CS(=O)(=O)CC. The summed E-state index contributed by atoms with van der Waals surface area (Å²) in [7, 11) is -1.09. The molecule has 0 saturated carbocycles. The summed E-state index contributed by atoms with van der Waals surface area (Å²) in [5.74, 6) is 0.345. The fraction of sp³-hybridized carbons (Fsp3) is 1.00. The highest BCUT2D eigenvalue weighted by Crippen LogP contribution is 2.03. The summed E-state index contributed by atoms with van der Waals surface area (Å²) in [6.07, 6.45) is 0.319. The minimum atomic E-state index is -2.93. The first-order valence-electron chi connectivity index (χ1n) is 5.41. The summed E-state index contributed by atoms with van der Waals surface area (Å²) in [4.78, 5) is 1.89. The molecule has 2 unspecified atom stereocenters. The molecule has 4 nitrogen and oxygen atoms in total. The van der Waals surface area contributed by atoms with Crippen molar-refractivity contribution in [2.24, 2.45) is 0 Å². The highest BCUT2D eigenvalue weighted by atomic mass is 32.2. The van der Waals surface area contributed by atoms with Crippen LogP contribution in [-0.4, -0.2) is 55.7 Å². The topological polar surface area (TPSA) is 57.6 Å². The Morgan fingerprint density at radius 1 is 1.33 bits per heavy atom. The maximum Gasteiger partial charge on any atom is 0.151 e. The summed E-state index contributed by atoms with van der Waals surface area (Å²) in [6, 6.07) is -0.0452. The maximum atomic E-state index is 11.4. The van der Waals surface area contributed by atoms with Crippen LogP contribution in [0.25, 0.3) is 0 Å². The van der Waals surface area contributed by atoms with Crippen LogP contribution in [0.2, 0.25) is 0 Å². The highest BCUT2D eigenvalue weighted by Gasteiger charge is 2.18. The zero-order valence-electron chi connectivity index (χ0n) is 10.1. The molecule has 0 rings (SSSR count). The molecular weight excluding hydrogens is 214 g/mol. The number of hydrogen-bond donors (Lipinski definition) is 1. The number of hydrogen-bond acceptors (Lipinski definition) is 4. The minimum absolute atomic E-state index is 0.0452. The van der Waals surface area contributed by atoms with E-state index in [1.165, 1.54) is 0 Å². The Morgan fingerprint density at radius 2 is 1.87 bits per heavy atom. The van der Waals surface area contributed by atoms with Crippen LogP contribution in [0.1, 0.15) is 27.2 Å². The van der Waals surface area contributed by atoms with Crippen molar-refractivity contribution in [2.45, 2.75) is 39.3 Å². The van der Waals surface area contributed by atoms with Gasteiger partial charge in [0.15, 0.2) is 9.84 Å². The zero-order valence-corrected chi connectivity index (χ0v) is 10.9. The maximum absolute atomic E-state index is 11.4. The van der Waals surface area contributed by atoms with Crippen LogP contribution in [-0.2, 0) is 9.84 Å². The molecule has 0 radical (unpaired) electrons. The molecule has 0 amide bonds. The fourth-order valence-electron chi connectivity index (χ4n) is 1.25. The lowest BCUT2D eigenvalue weighted by atomic mass is 10.2. The van der Waals surface area contributed by atoms with Crippen molar-refractivity contribution in [3.63, 3.8) is 0 Å². The van der Waals surface area contributed by atoms with Gasteiger partial charge in [0.05, 0.1) is 11.9 Å². The van der Waals surface area contributed by atoms with Crippen LogP contribution >= 0.6 is 0 Å². The fourth-order valence-corrected chi connectivity index (χ4v) is 2.48. The predicted octanol–water partition coefficient (Wildman–Crippen LogP) is 0.512. The van der Waals surface area contributed by atoms with Gasteiger partial charge >= 0.3 is 0 Å². The van der Waals surface area contributed by atoms with E-state index in [4.69, 9.17) is 0 Å². The number of aliphatic hydroxyl groups excluding tert-OH is 1. The molecule has 2 atom stereocenters. The quantitative estimate of drug-likeness (QED) is 0.701. The molecule has 1 N–H and O–H groups in total. The van der Waals surface area contributed by atoms with Gasteiger partial charge in [-0.3, -0.25) is 0 Å². The van der Waals surface area contributed by atoms with Crippen LogP contribution in [0.3, 0.4) is 0 Å². The van der Waals surface area contributed by atoms with Crippen molar-refractivity contribution in [3.05, 3.63) is 0 Å². The summed E-state index contributed by atoms with van der Waals surface area (Å²) >= 11 is 0. The van der Waals surface area contributed by atoms with Crippen LogP contribution in [0.5, 0.6) is 0 Å². The normalized spacial score (nSPS) is 16.7. The monoisotopic (exact) mass is 237 g/mol. The Morgan fingerprint density at radius 3 is 2.27 bits per heavy atom. The highest BCUT2D eigenvalue weighted by molar-refractivity contribution is 7.91. The smallest absolute Gasteiger partial charge is 0.151 e. The number of rotatable bonds is 7. The predicted molar refractivity (Wildman–Crippen MR) is 62.7 cm³/mol. The molecule has 0 aromatic rings. The first-order chi connectivity index (χ1) is 6.82. The van der Waals surface area contributed by atoms with Crippen molar-refractivity contribution in [1.29, 1.82) is 0 Å². The van der Waals surface area contributed by atoms with Gasteiger partial charge in [-0.2, -0.15) is 0 Å². The second-order valence-corrected chi connectivity index (χ2v) is 6.45. The van der Waals surface area contributed by atoms with E-state index < -0.39 is 9.84 Å². The Bertz CT molecular complexity index is 264. The second kappa shape index (κ2) is 6.45. The van der Waals surface area contributed by atoms with Gasteiger partial charge in [-0.1, -0.05) is 13.8 Å². The van der Waals surface area contributed by atoms with Crippen molar-refractivity contribution in [2.75, 3.05) is 25.1 Å². The third kappa shape index (κ3) is 6.12. The van der Waals surface area contributed by atoms with Crippen molar-refractivity contribution in [1.82, 2.24) is 4.90 Å². The third-order valence-electron chi connectivity index (χ3n) is 2.66. The van der Waals surface area contributed by atoms with Gasteiger partial charge in [0.2, 0.25) is 0 Å². The van der Waals surface area contributed by atoms with E-state index >= 15 is 0 Å². The van der Waals surface area contributed by atoms with Gasteiger partial charge in [-0.15, -0.1) is 0 Å². The van der Waals surface area contributed by atoms with Crippen LogP contribution in [0, 0.1) is 0 Å². The van der Waals surface area contributed by atoms with Crippen LogP contribution < -0.4 is 0 Å². The molecule has 0 spiro atoms. The molecule has 0 aliphatic carbocycles. The lowest BCUT2D eigenvalue weighted by Crippen LogP contribution is -2.39. The minimum Gasteiger partial charge on any atom is -0.392 e. The molecule has 0 bridgehead atoms. The number of likely N-dealkylation sites (N-methyl/N-ethyl adjacent to an activating group) is 1. The summed E-state index contributed by atoms with van der Waals surface area (Å²) in [6.45, 7) is 5.96. The van der Waals surface area contributed by atoms with E-state index in [0.717, 1.165) is 0 Å². The van der Waals surface area contributed by atoms with Gasteiger partial charge in [-0.05, 0) is 20.4 Å². The van der Waals surface area contributed by atoms with Gasteiger partial charge in [0.1, 0.15) is 0 Å². The van der Waals surface area contributed by atoms with E-state index in [9.17, 15) is 13.5 Å². The molecule has 0 aliphatic heterocycles. The van der Waals surface area contributed by atoms with Crippen molar-refractivity contribution < 1.29 is 13.5 Å². The summed E-state index contributed by atoms with van der Waals surface area (Å²) in [5.41, 5.74) is 0. The molecule has 5 heteroatoms. The molecular formula is C10H23NO3S. The number of sulfone groups is 1. The van der Waals surface area contributed by atoms with E-state index in [2.05, 4.69) is 0 Å². The lowest BCUT2D eigenvalue weighted by Gasteiger charge is -2.26. The van der Waals surface area contributed by atoms with E-state index in [1.54, 1.807) is 6.92 Å². The van der Waals surface area contributed by atoms with E-state index in [-0.39, 0.29) is 23.7 Å². The third-order valence-corrected chi connectivity index (χ3v) is 4.53. The van der Waals surface area contributed by atoms with E-state index in [0.29, 0.717) is 13.0 Å². The Labute approximate surface area is 93.2 Å². The molecule has 92 valence electrons. The average Bonchev–Trinajstić information content (AvgIpc) is 2.16. The van der Waals surface area contributed by atoms with Gasteiger partial charge in [-0.25, -0.2) is 8.42 Å². The Balaban J connectivity index is 4.16. The Kier molecular flexibility index (Phi) is 6.40. The Hall–Kier alpha value is -0.130. The summed E-state index contributed by atoms with van der Waals surface area (Å²) < 4.78 is 22.8. The molecule has 0 fully saturated rings. The van der Waals surface area contributed by atoms with Crippen molar-refractivity contribution >= 4 is 9.84 Å². The molecule has 0 aromatic heterocycles. The first kappa shape index (κ1) is 14.9. The first-order valence-corrected chi connectivity index (χ1v) is 7.23. The molecule has 0 aromatic carbocycles. The zero-order chi connectivity index (χ0) is 12.1.